The Hall–Kier alpha value is -2.58. The van der Waals surface area contributed by atoms with Crippen molar-refractivity contribution in [3.05, 3.63) is 42.5 Å². The Bertz CT molecular complexity index is 1090. The Labute approximate surface area is 170 Å². The van der Waals surface area contributed by atoms with Gasteiger partial charge in [-0.15, -0.1) is 0 Å². The van der Waals surface area contributed by atoms with Crippen LogP contribution in [0.2, 0.25) is 0 Å². The summed E-state index contributed by atoms with van der Waals surface area (Å²) in [5.41, 5.74) is 2.34. The second kappa shape index (κ2) is 8.20. The summed E-state index contributed by atoms with van der Waals surface area (Å²) in [4.78, 5) is 21.7. The quantitative estimate of drug-likeness (QED) is 0.412. The van der Waals surface area contributed by atoms with E-state index in [2.05, 4.69) is 15.3 Å². The molecule has 2 aromatic heterocycles. The summed E-state index contributed by atoms with van der Waals surface area (Å²) in [6.45, 7) is 4.52. The molecule has 0 aliphatic rings. The number of hydrogen-bond donors (Lipinski definition) is 1. The fraction of sp³-hybridized carbons (Fsp3) is 0.250. The standard InChI is InChI=1S/C20H19N3O3S2/c1-3-16(28-20-22-13-7-5-6-8-15(13)26-20)18(24)23-19-21-14-10-9-12(25-4-2)11-17(14)27-19/h5-11,16H,3-4H2,1-2H3,(H,21,23,24). The third-order valence-corrected chi connectivity index (χ3v) is 6.22. The Morgan fingerprint density at radius 1 is 1.21 bits per heavy atom. The van der Waals surface area contributed by atoms with Gasteiger partial charge >= 0.3 is 0 Å². The van der Waals surface area contributed by atoms with Crippen LogP contribution in [-0.4, -0.2) is 27.7 Å². The monoisotopic (exact) mass is 413 g/mol. The highest BCUT2D eigenvalue weighted by Gasteiger charge is 2.22. The molecule has 0 saturated heterocycles. The molecule has 28 heavy (non-hydrogen) atoms. The van der Waals surface area contributed by atoms with Crippen LogP contribution in [0.5, 0.6) is 5.75 Å². The van der Waals surface area contributed by atoms with E-state index in [0.717, 1.165) is 27.1 Å². The molecule has 0 radical (unpaired) electrons. The number of thiazole rings is 1. The maximum atomic E-state index is 12.8. The van der Waals surface area contributed by atoms with Crippen molar-refractivity contribution in [1.29, 1.82) is 0 Å². The number of oxazole rings is 1. The molecule has 0 aliphatic heterocycles. The normalized spacial score (nSPS) is 12.4. The number of carbonyl (C=O) groups excluding carboxylic acids is 1. The summed E-state index contributed by atoms with van der Waals surface area (Å²) in [6, 6.07) is 13.3. The van der Waals surface area contributed by atoms with E-state index < -0.39 is 0 Å². The number of carbonyl (C=O) groups is 1. The van der Waals surface area contributed by atoms with E-state index in [4.69, 9.17) is 9.15 Å². The molecule has 1 unspecified atom stereocenters. The third-order valence-electron chi connectivity index (χ3n) is 4.08. The van der Waals surface area contributed by atoms with Crippen LogP contribution in [0.1, 0.15) is 20.3 Å². The molecular formula is C20H19N3O3S2. The molecule has 6 nitrogen and oxygen atoms in total. The van der Waals surface area contributed by atoms with Gasteiger partial charge < -0.3 is 14.5 Å². The SMILES string of the molecule is CCOc1ccc2nc(NC(=O)C(CC)Sc3nc4ccccc4o3)sc2c1. The number of ether oxygens (including phenoxy) is 1. The molecule has 8 heteroatoms. The summed E-state index contributed by atoms with van der Waals surface area (Å²) in [5.74, 6) is 0.688. The first-order valence-corrected chi connectivity index (χ1v) is 10.7. The van der Waals surface area contributed by atoms with Gasteiger partial charge in [0.1, 0.15) is 11.3 Å². The van der Waals surface area contributed by atoms with E-state index in [1.54, 1.807) is 0 Å². The van der Waals surface area contributed by atoms with Crippen molar-refractivity contribution in [3.8, 4) is 5.75 Å². The number of hydrogen-bond acceptors (Lipinski definition) is 7. The van der Waals surface area contributed by atoms with Gasteiger partial charge in [0, 0.05) is 0 Å². The molecule has 2 aromatic carbocycles. The van der Waals surface area contributed by atoms with Crippen LogP contribution in [0.25, 0.3) is 21.3 Å². The van der Waals surface area contributed by atoms with Crippen LogP contribution in [0.15, 0.2) is 52.1 Å². The van der Waals surface area contributed by atoms with Crippen LogP contribution in [0.3, 0.4) is 0 Å². The van der Waals surface area contributed by atoms with Crippen molar-refractivity contribution in [2.75, 3.05) is 11.9 Å². The smallest absolute Gasteiger partial charge is 0.257 e. The average molecular weight is 414 g/mol. The van der Waals surface area contributed by atoms with Crippen molar-refractivity contribution in [2.24, 2.45) is 0 Å². The fourth-order valence-electron chi connectivity index (χ4n) is 2.75. The number of nitrogens with zero attached hydrogens (tertiary/aromatic N) is 2. The summed E-state index contributed by atoms with van der Waals surface area (Å²) in [6.07, 6.45) is 0.647. The Balaban J connectivity index is 1.48. The number of rotatable bonds is 7. The summed E-state index contributed by atoms with van der Waals surface area (Å²) in [7, 11) is 0. The number of nitrogens with one attached hydrogen (secondary N) is 1. The zero-order valence-corrected chi connectivity index (χ0v) is 17.1. The predicted molar refractivity (Wildman–Crippen MR) is 113 cm³/mol. The molecule has 4 aromatic rings. The van der Waals surface area contributed by atoms with Crippen LogP contribution in [0, 0.1) is 0 Å². The van der Waals surface area contributed by atoms with Crippen molar-refractivity contribution in [3.63, 3.8) is 0 Å². The summed E-state index contributed by atoms with van der Waals surface area (Å²) >= 11 is 2.76. The van der Waals surface area contributed by atoms with Crippen LogP contribution in [-0.2, 0) is 4.79 Å². The minimum atomic E-state index is -0.320. The molecule has 0 saturated carbocycles. The van der Waals surface area contributed by atoms with E-state index >= 15 is 0 Å². The zero-order valence-electron chi connectivity index (χ0n) is 15.5. The van der Waals surface area contributed by atoms with Crippen LogP contribution >= 0.6 is 23.1 Å². The molecule has 0 bridgehead atoms. The average Bonchev–Trinajstić information content (AvgIpc) is 3.28. The number of aromatic nitrogens is 2. The van der Waals surface area contributed by atoms with E-state index in [1.165, 1.54) is 23.1 Å². The maximum Gasteiger partial charge on any atom is 0.257 e. The van der Waals surface area contributed by atoms with Crippen LogP contribution < -0.4 is 10.1 Å². The van der Waals surface area contributed by atoms with E-state index in [0.29, 0.717) is 23.4 Å². The van der Waals surface area contributed by atoms with Crippen molar-refractivity contribution >= 4 is 55.5 Å². The number of thioether (sulfide) groups is 1. The largest absolute Gasteiger partial charge is 0.494 e. The van der Waals surface area contributed by atoms with Gasteiger partial charge in [-0.2, -0.15) is 0 Å². The van der Waals surface area contributed by atoms with Gasteiger partial charge in [-0.05, 0) is 43.7 Å². The van der Waals surface area contributed by atoms with Crippen molar-refractivity contribution < 1.29 is 13.9 Å². The zero-order chi connectivity index (χ0) is 19.5. The van der Waals surface area contributed by atoms with Gasteiger partial charge in [-0.25, -0.2) is 9.97 Å². The lowest BCUT2D eigenvalue weighted by Crippen LogP contribution is -2.24. The van der Waals surface area contributed by atoms with Gasteiger partial charge in [0.05, 0.1) is 22.1 Å². The fourth-order valence-corrected chi connectivity index (χ4v) is 4.51. The lowest BCUT2D eigenvalue weighted by atomic mass is 10.3. The molecule has 1 atom stereocenters. The number of fused-ring (bicyclic) bond motifs is 2. The first-order valence-electron chi connectivity index (χ1n) is 9.02. The van der Waals surface area contributed by atoms with Crippen LogP contribution in [0.4, 0.5) is 5.13 Å². The molecule has 1 amide bonds. The molecule has 1 N–H and O–H groups in total. The third kappa shape index (κ3) is 3.98. The van der Waals surface area contributed by atoms with Gasteiger partial charge in [-0.1, -0.05) is 42.2 Å². The van der Waals surface area contributed by atoms with Gasteiger partial charge in [0.2, 0.25) is 5.91 Å². The van der Waals surface area contributed by atoms with E-state index in [-0.39, 0.29) is 11.2 Å². The van der Waals surface area contributed by atoms with Gasteiger partial charge in [0.15, 0.2) is 10.7 Å². The second-order valence-electron chi connectivity index (χ2n) is 6.03. The predicted octanol–water partition coefficient (Wildman–Crippen LogP) is 5.35. The van der Waals surface area contributed by atoms with Crippen molar-refractivity contribution in [1.82, 2.24) is 9.97 Å². The number of para-hydroxylation sites is 2. The topological polar surface area (TPSA) is 77.2 Å². The summed E-state index contributed by atoms with van der Waals surface area (Å²) in [5, 5.41) is 3.67. The number of amides is 1. The molecular weight excluding hydrogens is 394 g/mol. The minimum absolute atomic E-state index is 0.112. The summed E-state index contributed by atoms with van der Waals surface area (Å²) < 4.78 is 12.2. The van der Waals surface area contributed by atoms with Gasteiger partial charge in [0.25, 0.3) is 5.22 Å². The molecule has 0 spiro atoms. The maximum absolute atomic E-state index is 12.8. The highest BCUT2D eigenvalue weighted by molar-refractivity contribution is 8.00. The molecule has 4 rings (SSSR count). The van der Waals surface area contributed by atoms with Crippen molar-refractivity contribution in [2.45, 2.75) is 30.7 Å². The van der Waals surface area contributed by atoms with E-state index in [1.807, 2.05) is 56.3 Å². The molecule has 144 valence electrons. The Kier molecular flexibility index (Phi) is 5.50. The minimum Gasteiger partial charge on any atom is -0.494 e. The van der Waals surface area contributed by atoms with Gasteiger partial charge in [-0.3, -0.25) is 4.79 Å². The molecule has 2 heterocycles. The highest BCUT2D eigenvalue weighted by atomic mass is 32.2. The second-order valence-corrected chi connectivity index (χ2v) is 8.22. The Morgan fingerprint density at radius 3 is 2.86 bits per heavy atom. The number of benzene rings is 2. The lowest BCUT2D eigenvalue weighted by molar-refractivity contribution is -0.115. The van der Waals surface area contributed by atoms with E-state index in [9.17, 15) is 4.79 Å². The number of anilines is 1. The molecule has 0 aliphatic carbocycles. The first-order chi connectivity index (χ1) is 13.7. The first kappa shape index (κ1) is 18.8. The highest BCUT2D eigenvalue weighted by Crippen LogP contribution is 2.32. The molecule has 0 fully saturated rings. The Morgan fingerprint density at radius 2 is 2.07 bits per heavy atom. The lowest BCUT2D eigenvalue weighted by Gasteiger charge is -2.10.